The number of aryl methyl sites for hydroxylation is 2. The number of hydrogen-bond donors (Lipinski definition) is 1. The van der Waals surface area contributed by atoms with Gasteiger partial charge in [0.1, 0.15) is 0 Å². The second-order valence-corrected chi connectivity index (χ2v) is 8.36. The fourth-order valence-corrected chi connectivity index (χ4v) is 3.55. The molecular weight excluding hydrogens is 284 g/mol. The third kappa shape index (κ3) is 5.59. The van der Waals surface area contributed by atoms with E-state index in [4.69, 9.17) is 0 Å². The maximum atomic E-state index is 9.45. The number of aliphatic hydroxyl groups is 1. The summed E-state index contributed by atoms with van der Waals surface area (Å²) < 4.78 is 0. The van der Waals surface area contributed by atoms with E-state index in [0.717, 1.165) is 39.1 Å². The van der Waals surface area contributed by atoms with Gasteiger partial charge in [0.05, 0.1) is 0 Å². The van der Waals surface area contributed by atoms with Gasteiger partial charge in [-0.2, -0.15) is 0 Å². The van der Waals surface area contributed by atoms with E-state index in [0.29, 0.717) is 11.5 Å². The van der Waals surface area contributed by atoms with E-state index in [1.165, 1.54) is 16.7 Å². The molecule has 2 rings (SSSR count). The molecule has 1 aliphatic heterocycles. The molecule has 0 bridgehead atoms. The van der Waals surface area contributed by atoms with E-state index >= 15 is 0 Å². The Bertz CT molecular complexity index is 507. The van der Waals surface area contributed by atoms with E-state index < -0.39 is 0 Å². The first-order valence-corrected chi connectivity index (χ1v) is 8.92. The van der Waals surface area contributed by atoms with Crippen LogP contribution in [0.3, 0.4) is 0 Å². The summed E-state index contributed by atoms with van der Waals surface area (Å²) in [6, 6.07) is 7.20. The predicted molar refractivity (Wildman–Crippen MR) is 97.7 cm³/mol. The van der Waals surface area contributed by atoms with Crippen molar-refractivity contribution in [1.82, 2.24) is 9.80 Å². The SMILES string of the molecule is Cc1ccc(C)c(CN2CCN(CC(C)(C)C)[C@@H](CCO)C2)c1. The van der Waals surface area contributed by atoms with Crippen LogP contribution in [0.15, 0.2) is 18.2 Å². The van der Waals surface area contributed by atoms with Gasteiger partial charge in [0.25, 0.3) is 0 Å². The molecule has 0 unspecified atom stereocenters. The standard InChI is InChI=1S/C20H34N2O/c1-16-6-7-17(2)18(12-16)13-21-9-10-22(15-20(3,4)5)19(14-21)8-11-23/h6-7,12,19,23H,8-11,13-15H2,1-5H3/t19-/m0/s1. The third-order valence-corrected chi connectivity index (χ3v) is 4.73. The Kier molecular flexibility index (Phi) is 6.24. The average molecular weight is 319 g/mol. The van der Waals surface area contributed by atoms with Crippen LogP contribution < -0.4 is 0 Å². The van der Waals surface area contributed by atoms with E-state index in [1.54, 1.807) is 0 Å². The van der Waals surface area contributed by atoms with Crippen LogP contribution in [-0.4, -0.2) is 53.7 Å². The number of hydrogen-bond acceptors (Lipinski definition) is 3. The monoisotopic (exact) mass is 318 g/mol. The minimum Gasteiger partial charge on any atom is -0.396 e. The van der Waals surface area contributed by atoms with Gasteiger partial charge in [-0.05, 0) is 36.8 Å². The lowest BCUT2D eigenvalue weighted by Gasteiger charge is -2.44. The second-order valence-electron chi connectivity index (χ2n) is 8.36. The molecule has 0 amide bonds. The Morgan fingerprint density at radius 3 is 2.57 bits per heavy atom. The van der Waals surface area contributed by atoms with Gasteiger partial charge in [0, 0.05) is 45.4 Å². The van der Waals surface area contributed by atoms with Crippen LogP contribution in [0.1, 0.15) is 43.9 Å². The minimum absolute atomic E-state index is 0.280. The quantitative estimate of drug-likeness (QED) is 0.903. The van der Waals surface area contributed by atoms with Gasteiger partial charge in [-0.25, -0.2) is 0 Å². The van der Waals surface area contributed by atoms with Crippen LogP contribution in [0.5, 0.6) is 0 Å². The number of rotatable bonds is 5. The van der Waals surface area contributed by atoms with Crippen molar-refractivity contribution in [3.63, 3.8) is 0 Å². The fraction of sp³-hybridized carbons (Fsp3) is 0.700. The van der Waals surface area contributed by atoms with Crippen molar-refractivity contribution in [2.24, 2.45) is 5.41 Å². The minimum atomic E-state index is 0.280. The molecular formula is C20H34N2O. The predicted octanol–water partition coefficient (Wildman–Crippen LogP) is 3.22. The molecule has 130 valence electrons. The van der Waals surface area contributed by atoms with E-state index in [1.807, 2.05) is 0 Å². The third-order valence-electron chi connectivity index (χ3n) is 4.73. The average Bonchev–Trinajstić information content (AvgIpc) is 2.44. The largest absolute Gasteiger partial charge is 0.396 e. The lowest BCUT2D eigenvalue weighted by atomic mass is 9.94. The van der Waals surface area contributed by atoms with Crippen molar-refractivity contribution in [3.05, 3.63) is 34.9 Å². The molecule has 23 heavy (non-hydrogen) atoms. The van der Waals surface area contributed by atoms with Crippen molar-refractivity contribution >= 4 is 0 Å². The molecule has 1 N–H and O–H groups in total. The molecule has 1 aromatic carbocycles. The van der Waals surface area contributed by atoms with Crippen LogP contribution in [0.25, 0.3) is 0 Å². The topological polar surface area (TPSA) is 26.7 Å². The summed E-state index contributed by atoms with van der Waals surface area (Å²) >= 11 is 0. The second kappa shape index (κ2) is 7.78. The number of piperazine rings is 1. The van der Waals surface area contributed by atoms with Gasteiger partial charge >= 0.3 is 0 Å². The Balaban J connectivity index is 2.02. The highest BCUT2D eigenvalue weighted by atomic mass is 16.3. The molecule has 0 saturated carbocycles. The molecule has 1 fully saturated rings. The summed E-state index contributed by atoms with van der Waals surface area (Å²) in [4.78, 5) is 5.14. The summed E-state index contributed by atoms with van der Waals surface area (Å²) in [5.74, 6) is 0. The van der Waals surface area contributed by atoms with Gasteiger partial charge in [0.15, 0.2) is 0 Å². The zero-order chi connectivity index (χ0) is 17.0. The van der Waals surface area contributed by atoms with Gasteiger partial charge in [-0.15, -0.1) is 0 Å². The highest BCUT2D eigenvalue weighted by molar-refractivity contribution is 5.30. The first-order valence-electron chi connectivity index (χ1n) is 8.92. The van der Waals surface area contributed by atoms with Gasteiger partial charge in [-0.1, -0.05) is 44.5 Å². The lowest BCUT2D eigenvalue weighted by Crippen LogP contribution is -2.54. The molecule has 1 heterocycles. The van der Waals surface area contributed by atoms with Crippen molar-refractivity contribution in [2.75, 3.05) is 32.8 Å². The number of nitrogens with zero attached hydrogens (tertiary/aromatic N) is 2. The Hall–Kier alpha value is -0.900. The van der Waals surface area contributed by atoms with Crippen LogP contribution in [0.4, 0.5) is 0 Å². The van der Waals surface area contributed by atoms with E-state index in [9.17, 15) is 5.11 Å². The number of benzene rings is 1. The van der Waals surface area contributed by atoms with Crippen LogP contribution in [0, 0.1) is 19.3 Å². The summed E-state index contributed by atoms with van der Waals surface area (Å²) in [5.41, 5.74) is 4.47. The molecule has 0 aliphatic carbocycles. The first-order chi connectivity index (χ1) is 10.8. The normalized spacial score (nSPS) is 20.9. The molecule has 1 aliphatic rings. The van der Waals surface area contributed by atoms with Gasteiger partial charge < -0.3 is 5.11 Å². The van der Waals surface area contributed by atoms with Crippen molar-refractivity contribution < 1.29 is 5.11 Å². The zero-order valence-electron chi connectivity index (χ0n) is 15.6. The molecule has 0 radical (unpaired) electrons. The molecule has 3 heteroatoms. The van der Waals surface area contributed by atoms with Crippen LogP contribution >= 0.6 is 0 Å². The molecule has 1 atom stereocenters. The molecule has 1 aromatic rings. The van der Waals surface area contributed by atoms with Crippen LogP contribution in [-0.2, 0) is 6.54 Å². The summed E-state index contributed by atoms with van der Waals surface area (Å²) in [6.07, 6.45) is 0.874. The highest BCUT2D eigenvalue weighted by Crippen LogP contribution is 2.22. The molecule has 0 spiro atoms. The maximum absolute atomic E-state index is 9.45. The summed E-state index contributed by atoms with van der Waals surface area (Å²) in [7, 11) is 0. The lowest BCUT2D eigenvalue weighted by molar-refractivity contribution is 0.0339. The zero-order valence-corrected chi connectivity index (χ0v) is 15.6. The Morgan fingerprint density at radius 2 is 1.91 bits per heavy atom. The van der Waals surface area contributed by atoms with Gasteiger partial charge in [-0.3, -0.25) is 9.80 Å². The summed E-state index contributed by atoms with van der Waals surface area (Å²) in [5, 5.41) is 9.45. The molecule has 3 nitrogen and oxygen atoms in total. The maximum Gasteiger partial charge on any atom is 0.0446 e. The van der Waals surface area contributed by atoms with Gasteiger partial charge in [0.2, 0.25) is 0 Å². The first kappa shape index (κ1) is 18.4. The molecule has 0 aromatic heterocycles. The van der Waals surface area contributed by atoms with Crippen molar-refractivity contribution in [3.8, 4) is 0 Å². The van der Waals surface area contributed by atoms with Crippen molar-refractivity contribution in [1.29, 1.82) is 0 Å². The van der Waals surface area contributed by atoms with E-state index in [-0.39, 0.29) is 6.61 Å². The fourth-order valence-electron chi connectivity index (χ4n) is 3.55. The molecule has 1 saturated heterocycles. The smallest absolute Gasteiger partial charge is 0.0446 e. The number of aliphatic hydroxyl groups excluding tert-OH is 1. The Morgan fingerprint density at radius 1 is 1.17 bits per heavy atom. The van der Waals surface area contributed by atoms with Crippen LogP contribution in [0.2, 0.25) is 0 Å². The summed E-state index contributed by atoms with van der Waals surface area (Å²) in [6.45, 7) is 17.0. The van der Waals surface area contributed by atoms with E-state index in [2.05, 4.69) is 62.6 Å². The highest BCUT2D eigenvalue weighted by Gasteiger charge is 2.29. The Labute approximate surface area is 142 Å². The van der Waals surface area contributed by atoms with Crippen molar-refractivity contribution in [2.45, 2.75) is 53.6 Å².